The van der Waals surface area contributed by atoms with Gasteiger partial charge in [0.25, 0.3) is 5.91 Å². The Kier molecular flexibility index (Phi) is 5.31. The molecule has 0 unspecified atom stereocenters. The molecule has 0 aliphatic heterocycles. The fourth-order valence-corrected chi connectivity index (χ4v) is 2.55. The van der Waals surface area contributed by atoms with E-state index < -0.39 is 0 Å². The molecule has 8 heteroatoms. The van der Waals surface area contributed by atoms with Crippen molar-refractivity contribution in [3.8, 4) is 11.4 Å². The summed E-state index contributed by atoms with van der Waals surface area (Å²) in [6.07, 6.45) is 3.90. The Morgan fingerprint density at radius 3 is 2.69 bits per heavy atom. The second-order valence-corrected chi connectivity index (χ2v) is 5.61. The molecule has 2 heterocycles. The first kappa shape index (κ1) is 17.7. The van der Waals surface area contributed by atoms with Crippen LogP contribution in [0.4, 0.5) is 0 Å². The number of para-hydroxylation sites is 2. The summed E-state index contributed by atoms with van der Waals surface area (Å²) in [6.45, 7) is 4.62. The molecule has 0 N–H and O–H groups in total. The van der Waals surface area contributed by atoms with E-state index in [2.05, 4.69) is 15.3 Å². The summed E-state index contributed by atoms with van der Waals surface area (Å²) in [5.74, 6) is 1.52. The minimum absolute atomic E-state index is 0.148. The van der Waals surface area contributed by atoms with Crippen molar-refractivity contribution >= 4 is 5.91 Å². The van der Waals surface area contributed by atoms with Crippen LogP contribution in [0.1, 0.15) is 36.0 Å². The SMILES string of the molecule is CCc1nnc(CN(CC)C(=O)c2cnn(-c3ccccc3OC)c2)o1. The van der Waals surface area contributed by atoms with E-state index in [1.165, 1.54) is 0 Å². The van der Waals surface area contributed by atoms with Crippen LogP contribution in [-0.4, -0.2) is 44.4 Å². The molecule has 0 radical (unpaired) electrons. The number of aryl methyl sites for hydroxylation is 1. The molecule has 3 aromatic rings. The Hall–Kier alpha value is -3.16. The molecule has 0 saturated heterocycles. The molecule has 26 heavy (non-hydrogen) atoms. The van der Waals surface area contributed by atoms with Gasteiger partial charge in [-0.15, -0.1) is 10.2 Å². The Morgan fingerprint density at radius 1 is 1.23 bits per heavy atom. The Balaban J connectivity index is 1.79. The minimum Gasteiger partial charge on any atom is -0.494 e. The number of rotatable bonds is 7. The van der Waals surface area contributed by atoms with Crippen molar-refractivity contribution < 1.29 is 13.9 Å². The zero-order chi connectivity index (χ0) is 18.5. The maximum Gasteiger partial charge on any atom is 0.257 e. The van der Waals surface area contributed by atoms with Crippen LogP contribution in [-0.2, 0) is 13.0 Å². The molecule has 2 aromatic heterocycles. The summed E-state index contributed by atoms with van der Waals surface area (Å²) in [6, 6.07) is 7.49. The van der Waals surface area contributed by atoms with Gasteiger partial charge >= 0.3 is 0 Å². The third-order valence-corrected chi connectivity index (χ3v) is 3.97. The molecule has 0 fully saturated rings. The summed E-state index contributed by atoms with van der Waals surface area (Å²) in [5.41, 5.74) is 1.24. The number of nitrogens with zero attached hydrogens (tertiary/aromatic N) is 5. The summed E-state index contributed by atoms with van der Waals surface area (Å²) < 4.78 is 12.5. The number of methoxy groups -OCH3 is 1. The maximum absolute atomic E-state index is 12.8. The van der Waals surface area contributed by atoms with Gasteiger partial charge in [-0.25, -0.2) is 4.68 Å². The van der Waals surface area contributed by atoms with Crippen LogP contribution in [0, 0.1) is 0 Å². The smallest absolute Gasteiger partial charge is 0.257 e. The molecule has 136 valence electrons. The van der Waals surface area contributed by atoms with Crippen molar-refractivity contribution in [1.82, 2.24) is 24.9 Å². The molecule has 1 aromatic carbocycles. The van der Waals surface area contributed by atoms with Crippen LogP contribution in [0.25, 0.3) is 5.69 Å². The summed E-state index contributed by atoms with van der Waals surface area (Å²) >= 11 is 0. The molecule has 0 aliphatic rings. The standard InChI is InChI=1S/C18H21N5O3/c1-4-16-20-21-17(26-16)12-22(5-2)18(24)13-10-19-23(11-13)14-8-6-7-9-15(14)25-3/h6-11H,4-5,12H2,1-3H3. The highest BCUT2D eigenvalue weighted by molar-refractivity contribution is 5.93. The molecular formula is C18H21N5O3. The molecule has 0 aliphatic carbocycles. The average molecular weight is 355 g/mol. The molecule has 0 spiro atoms. The van der Waals surface area contributed by atoms with Crippen molar-refractivity contribution in [2.45, 2.75) is 26.8 Å². The maximum atomic E-state index is 12.8. The Labute approximate surface area is 151 Å². The van der Waals surface area contributed by atoms with E-state index in [1.54, 1.807) is 29.1 Å². The topological polar surface area (TPSA) is 86.3 Å². The van der Waals surface area contributed by atoms with Crippen molar-refractivity contribution in [3.63, 3.8) is 0 Å². The number of ether oxygens (including phenoxy) is 1. The van der Waals surface area contributed by atoms with Gasteiger partial charge in [0, 0.05) is 19.2 Å². The number of carbonyl (C=O) groups is 1. The van der Waals surface area contributed by atoms with E-state index in [-0.39, 0.29) is 12.5 Å². The molecule has 8 nitrogen and oxygen atoms in total. The minimum atomic E-state index is -0.148. The molecule has 3 rings (SSSR count). The largest absolute Gasteiger partial charge is 0.494 e. The van der Waals surface area contributed by atoms with Gasteiger partial charge < -0.3 is 14.1 Å². The highest BCUT2D eigenvalue weighted by atomic mass is 16.5. The summed E-state index contributed by atoms with van der Waals surface area (Å²) in [5, 5.41) is 12.2. The van der Waals surface area contributed by atoms with Crippen LogP contribution >= 0.6 is 0 Å². The third-order valence-electron chi connectivity index (χ3n) is 3.97. The van der Waals surface area contributed by atoms with Gasteiger partial charge in [0.1, 0.15) is 11.4 Å². The second kappa shape index (κ2) is 7.81. The van der Waals surface area contributed by atoms with Gasteiger partial charge in [0.15, 0.2) is 0 Å². The lowest BCUT2D eigenvalue weighted by Crippen LogP contribution is -2.30. The van der Waals surface area contributed by atoms with Crippen molar-refractivity contribution in [2.75, 3.05) is 13.7 Å². The van der Waals surface area contributed by atoms with Crippen molar-refractivity contribution in [2.24, 2.45) is 0 Å². The highest BCUT2D eigenvalue weighted by Crippen LogP contribution is 2.22. The lowest BCUT2D eigenvalue weighted by Gasteiger charge is -2.17. The molecule has 0 bridgehead atoms. The number of benzene rings is 1. The Bertz CT molecular complexity index is 886. The average Bonchev–Trinajstić information content (AvgIpc) is 3.35. The van der Waals surface area contributed by atoms with Gasteiger partial charge in [-0.1, -0.05) is 19.1 Å². The molecular weight excluding hydrogens is 334 g/mol. The first-order chi connectivity index (χ1) is 12.7. The number of amides is 1. The molecule has 0 saturated carbocycles. The first-order valence-electron chi connectivity index (χ1n) is 8.44. The fourth-order valence-electron chi connectivity index (χ4n) is 2.55. The highest BCUT2D eigenvalue weighted by Gasteiger charge is 2.19. The van der Waals surface area contributed by atoms with Crippen LogP contribution < -0.4 is 4.74 Å². The van der Waals surface area contributed by atoms with E-state index in [4.69, 9.17) is 9.15 Å². The lowest BCUT2D eigenvalue weighted by atomic mass is 10.3. The van der Waals surface area contributed by atoms with Gasteiger partial charge in [0.05, 0.1) is 25.4 Å². The third kappa shape index (κ3) is 3.58. The van der Waals surface area contributed by atoms with Gasteiger partial charge in [-0.2, -0.15) is 5.10 Å². The zero-order valence-corrected chi connectivity index (χ0v) is 15.0. The van der Waals surface area contributed by atoms with Crippen molar-refractivity contribution in [3.05, 3.63) is 54.0 Å². The summed E-state index contributed by atoms with van der Waals surface area (Å²) in [4.78, 5) is 14.4. The quantitative estimate of drug-likeness (QED) is 0.647. The van der Waals surface area contributed by atoms with Crippen LogP contribution in [0.3, 0.4) is 0 Å². The van der Waals surface area contributed by atoms with Gasteiger partial charge in [0.2, 0.25) is 11.8 Å². The zero-order valence-electron chi connectivity index (χ0n) is 15.0. The van der Waals surface area contributed by atoms with E-state index in [0.717, 1.165) is 5.69 Å². The monoisotopic (exact) mass is 355 g/mol. The number of aromatic nitrogens is 4. The first-order valence-corrected chi connectivity index (χ1v) is 8.44. The normalized spacial score (nSPS) is 10.7. The van der Waals surface area contributed by atoms with Crippen LogP contribution in [0.15, 0.2) is 41.1 Å². The van der Waals surface area contributed by atoms with E-state index in [1.807, 2.05) is 38.1 Å². The number of carbonyl (C=O) groups excluding carboxylic acids is 1. The van der Waals surface area contributed by atoms with Gasteiger partial charge in [-0.3, -0.25) is 4.79 Å². The van der Waals surface area contributed by atoms with Crippen LogP contribution in [0.2, 0.25) is 0 Å². The Morgan fingerprint density at radius 2 is 2.00 bits per heavy atom. The number of hydrogen-bond acceptors (Lipinski definition) is 6. The van der Waals surface area contributed by atoms with Crippen molar-refractivity contribution in [1.29, 1.82) is 0 Å². The molecule has 1 amide bonds. The second-order valence-electron chi connectivity index (χ2n) is 5.61. The predicted molar refractivity (Wildman–Crippen MR) is 94.2 cm³/mol. The van der Waals surface area contributed by atoms with Gasteiger partial charge in [-0.05, 0) is 19.1 Å². The van der Waals surface area contributed by atoms with Crippen LogP contribution in [0.5, 0.6) is 5.75 Å². The lowest BCUT2D eigenvalue weighted by molar-refractivity contribution is 0.0737. The predicted octanol–water partition coefficient (Wildman–Crippen LogP) is 2.49. The van der Waals surface area contributed by atoms with E-state index in [9.17, 15) is 4.79 Å². The fraction of sp³-hybridized carbons (Fsp3) is 0.333. The molecule has 0 atom stereocenters. The van der Waals surface area contributed by atoms with E-state index in [0.29, 0.717) is 36.1 Å². The van der Waals surface area contributed by atoms with E-state index >= 15 is 0 Å². The summed E-state index contributed by atoms with van der Waals surface area (Å²) in [7, 11) is 1.60. The number of hydrogen-bond donors (Lipinski definition) is 0.